The van der Waals surface area contributed by atoms with E-state index in [0.717, 1.165) is 53.3 Å². The lowest BCUT2D eigenvalue weighted by Crippen LogP contribution is -2.23. The Bertz CT molecular complexity index is 945. The molecule has 0 amide bonds. The summed E-state index contributed by atoms with van der Waals surface area (Å²) >= 11 is 0. The first-order chi connectivity index (χ1) is 13.0. The van der Waals surface area contributed by atoms with Gasteiger partial charge >= 0.3 is 0 Å². The average Bonchev–Trinajstić information content (AvgIpc) is 3.15. The van der Waals surface area contributed by atoms with Gasteiger partial charge in [-0.2, -0.15) is 4.98 Å². The number of rotatable bonds is 6. The molecule has 0 radical (unpaired) electrons. The maximum Gasteiger partial charge on any atom is 0.258 e. The summed E-state index contributed by atoms with van der Waals surface area (Å²) in [6.07, 6.45) is 0.738. The predicted octanol–water partition coefficient (Wildman–Crippen LogP) is 4.53. The number of benzene rings is 1. The van der Waals surface area contributed by atoms with Crippen molar-refractivity contribution in [3.63, 3.8) is 0 Å². The monoisotopic (exact) mass is 366 g/mol. The van der Waals surface area contributed by atoms with Crippen molar-refractivity contribution in [3.8, 4) is 28.6 Å². The Balaban J connectivity index is 2.01. The van der Waals surface area contributed by atoms with E-state index in [2.05, 4.69) is 33.9 Å². The Morgan fingerprint density at radius 1 is 0.963 bits per heavy atom. The fourth-order valence-corrected chi connectivity index (χ4v) is 3.19. The van der Waals surface area contributed by atoms with Gasteiger partial charge in [-0.1, -0.05) is 12.1 Å². The number of phenols is 1. The van der Waals surface area contributed by atoms with Crippen LogP contribution in [0.25, 0.3) is 22.8 Å². The first-order valence-corrected chi connectivity index (χ1v) is 9.37. The smallest absolute Gasteiger partial charge is 0.258 e. The zero-order valence-electron chi connectivity index (χ0n) is 16.6. The minimum atomic E-state index is 0.332. The molecule has 0 aliphatic carbocycles. The van der Waals surface area contributed by atoms with Crippen molar-refractivity contribution < 1.29 is 9.63 Å². The van der Waals surface area contributed by atoms with Crippen molar-refractivity contribution in [3.05, 3.63) is 41.1 Å². The fraction of sp³-hybridized carbons (Fsp3) is 0.381. The van der Waals surface area contributed by atoms with Crippen LogP contribution in [0.3, 0.4) is 0 Å². The van der Waals surface area contributed by atoms with Crippen LogP contribution in [-0.2, 0) is 6.42 Å². The molecule has 0 atom stereocenters. The quantitative estimate of drug-likeness (QED) is 0.691. The molecule has 0 saturated carbocycles. The third-order valence-electron chi connectivity index (χ3n) is 4.72. The number of hydrogen-bond donors (Lipinski definition) is 1. The SMILES string of the molecule is CCc1cc(-c2noc(-c3cc(C)nc(N(CC)CC)c3)n2)cc(C)c1O. The number of aromatic nitrogens is 3. The topological polar surface area (TPSA) is 75.3 Å². The van der Waals surface area contributed by atoms with Crippen LogP contribution < -0.4 is 4.90 Å². The van der Waals surface area contributed by atoms with Crippen LogP contribution in [0.5, 0.6) is 5.75 Å². The second kappa shape index (κ2) is 7.78. The summed E-state index contributed by atoms with van der Waals surface area (Å²) in [5, 5.41) is 14.3. The Kier molecular flexibility index (Phi) is 5.44. The van der Waals surface area contributed by atoms with Gasteiger partial charge < -0.3 is 14.5 Å². The molecule has 1 N–H and O–H groups in total. The van der Waals surface area contributed by atoms with Gasteiger partial charge in [0.1, 0.15) is 11.6 Å². The molecule has 0 fully saturated rings. The minimum absolute atomic E-state index is 0.332. The summed E-state index contributed by atoms with van der Waals surface area (Å²) in [6.45, 7) is 11.8. The second-order valence-corrected chi connectivity index (χ2v) is 6.61. The molecule has 2 heterocycles. The minimum Gasteiger partial charge on any atom is -0.507 e. The lowest BCUT2D eigenvalue weighted by atomic mass is 10.0. The van der Waals surface area contributed by atoms with Gasteiger partial charge in [0.05, 0.1) is 0 Å². The number of nitrogens with zero attached hydrogens (tertiary/aromatic N) is 4. The number of phenolic OH excluding ortho intramolecular Hbond substituents is 1. The molecule has 3 aromatic rings. The van der Waals surface area contributed by atoms with E-state index in [0.29, 0.717) is 17.5 Å². The van der Waals surface area contributed by atoms with E-state index in [1.54, 1.807) is 0 Å². The zero-order chi connectivity index (χ0) is 19.6. The van der Waals surface area contributed by atoms with Gasteiger partial charge in [-0.25, -0.2) is 4.98 Å². The lowest BCUT2D eigenvalue weighted by Gasteiger charge is -2.20. The fourth-order valence-electron chi connectivity index (χ4n) is 3.19. The first-order valence-electron chi connectivity index (χ1n) is 9.37. The van der Waals surface area contributed by atoms with E-state index in [4.69, 9.17) is 4.52 Å². The standard InChI is InChI=1S/C21H26N4O2/c1-6-15-11-16(9-13(4)19(15)26)20-23-21(27-24-20)17-10-14(5)22-18(12-17)25(7-2)8-3/h9-12,26H,6-8H2,1-5H3. The highest BCUT2D eigenvalue weighted by atomic mass is 16.5. The number of hydrogen-bond acceptors (Lipinski definition) is 6. The molecule has 3 rings (SSSR count). The summed E-state index contributed by atoms with van der Waals surface area (Å²) in [5.74, 6) is 2.22. The number of anilines is 1. The van der Waals surface area contributed by atoms with E-state index in [9.17, 15) is 5.11 Å². The highest BCUT2D eigenvalue weighted by molar-refractivity contribution is 5.65. The molecule has 0 spiro atoms. The van der Waals surface area contributed by atoms with Crippen LogP contribution in [0.2, 0.25) is 0 Å². The normalized spacial score (nSPS) is 11.0. The molecule has 0 aliphatic rings. The van der Waals surface area contributed by atoms with Gasteiger partial charge in [0.15, 0.2) is 0 Å². The third-order valence-corrected chi connectivity index (χ3v) is 4.72. The van der Waals surface area contributed by atoms with E-state index in [-0.39, 0.29) is 0 Å². The molecule has 0 saturated heterocycles. The Labute approximate surface area is 159 Å². The van der Waals surface area contributed by atoms with Crippen molar-refractivity contribution in [2.45, 2.75) is 41.0 Å². The molecule has 0 aliphatic heterocycles. The van der Waals surface area contributed by atoms with Crippen molar-refractivity contribution in [1.82, 2.24) is 15.1 Å². The average molecular weight is 366 g/mol. The molecular formula is C21H26N4O2. The van der Waals surface area contributed by atoms with Gasteiger partial charge in [-0.05, 0) is 69.5 Å². The largest absolute Gasteiger partial charge is 0.507 e. The maximum absolute atomic E-state index is 10.1. The Morgan fingerprint density at radius 3 is 2.37 bits per heavy atom. The van der Waals surface area contributed by atoms with Crippen molar-refractivity contribution >= 4 is 5.82 Å². The van der Waals surface area contributed by atoms with Crippen LogP contribution in [0.1, 0.15) is 37.6 Å². The van der Waals surface area contributed by atoms with Gasteiger partial charge in [-0.15, -0.1) is 0 Å². The van der Waals surface area contributed by atoms with Crippen LogP contribution in [-0.4, -0.2) is 33.3 Å². The molecule has 0 bridgehead atoms. The highest BCUT2D eigenvalue weighted by Gasteiger charge is 2.16. The summed E-state index contributed by atoms with van der Waals surface area (Å²) in [5.41, 5.74) is 4.28. The van der Waals surface area contributed by atoms with Gasteiger partial charge in [-0.3, -0.25) is 0 Å². The molecule has 142 valence electrons. The van der Waals surface area contributed by atoms with E-state index < -0.39 is 0 Å². The molecule has 27 heavy (non-hydrogen) atoms. The summed E-state index contributed by atoms with van der Waals surface area (Å²) in [6, 6.07) is 7.72. The predicted molar refractivity (Wildman–Crippen MR) is 107 cm³/mol. The molecule has 1 aromatic carbocycles. The molecular weight excluding hydrogens is 340 g/mol. The summed E-state index contributed by atoms with van der Waals surface area (Å²) in [7, 11) is 0. The lowest BCUT2D eigenvalue weighted by molar-refractivity contribution is 0.432. The van der Waals surface area contributed by atoms with Crippen LogP contribution in [0, 0.1) is 13.8 Å². The Morgan fingerprint density at radius 2 is 1.70 bits per heavy atom. The summed E-state index contributed by atoms with van der Waals surface area (Å²) in [4.78, 5) is 11.4. The Hall–Kier alpha value is -2.89. The van der Waals surface area contributed by atoms with Crippen LogP contribution in [0.15, 0.2) is 28.8 Å². The molecule has 0 unspecified atom stereocenters. The first kappa shape index (κ1) is 18.9. The van der Waals surface area contributed by atoms with Crippen LogP contribution >= 0.6 is 0 Å². The maximum atomic E-state index is 10.1. The van der Waals surface area contributed by atoms with Crippen LogP contribution in [0.4, 0.5) is 5.82 Å². The third kappa shape index (κ3) is 3.79. The second-order valence-electron chi connectivity index (χ2n) is 6.61. The highest BCUT2D eigenvalue weighted by Crippen LogP contribution is 2.30. The number of pyridine rings is 1. The van der Waals surface area contributed by atoms with Gasteiger partial charge in [0.2, 0.25) is 5.82 Å². The van der Waals surface area contributed by atoms with Crippen molar-refractivity contribution in [1.29, 1.82) is 0 Å². The van der Waals surface area contributed by atoms with Crippen molar-refractivity contribution in [2.75, 3.05) is 18.0 Å². The number of aromatic hydroxyl groups is 1. The van der Waals surface area contributed by atoms with E-state index in [1.807, 2.05) is 45.0 Å². The number of aryl methyl sites for hydroxylation is 3. The van der Waals surface area contributed by atoms with E-state index >= 15 is 0 Å². The van der Waals surface area contributed by atoms with Crippen molar-refractivity contribution in [2.24, 2.45) is 0 Å². The molecule has 2 aromatic heterocycles. The van der Waals surface area contributed by atoms with Gasteiger partial charge in [0, 0.05) is 29.9 Å². The molecule has 6 heteroatoms. The zero-order valence-corrected chi connectivity index (χ0v) is 16.6. The van der Waals surface area contributed by atoms with Gasteiger partial charge in [0.25, 0.3) is 5.89 Å². The van der Waals surface area contributed by atoms with E-state index in [1.165, 1.54) is 0 Å². The molecule has 6 nitrogen and oxygen atoms in total. The summed E-state index contributed by atoms with van der Waals surface area (Å²) < 4.78 is 5.54.